The summed E-state index contributed by atoms with van der Waals surface area (Å²) in [5.41, 5.74) is 3.91. The predicted octanol–water partition coefficient (Wildman–Crippen LogP) is 3.98. The van der Waals surface area contributed by atoms with Crippen molar-refractivity contribution >= 4 is 11.8 Å². The number of methoxy groups -OCH3 is 2. The van der Waals surface area contributed by atoms with Crippen LogP contribution in [0.2, 0.25) is 0 Å². The second kappa shape index (κ2) is 4.58. The zero-order valence-electron chi connectivity index (χ0n) is 10.4. The monoisotopic (exact) mass is 258 g/mol. The molecule has 0 atom stereocenters. The third-order valence-electron chi connectivity index (χ3n) is 3.18. The summed E-state index contributed by atoms with van der Waals surface area (Å²) in [6, 6.07) is 12.6. The van der Waals surface area contributed by atoms with Gasteiger partial charge in [0, 0.05) is 10.6 Å². The third kappa shape index (κ3) is 1.75. The number of thioether (sulfide) groups is 1. The molecule has 3 rings (SSSR count). The van der Waals surface area contributed by atoms with Crippen molar-refractivity contribution in [2.24, 2.45) is 0 Å². The SMILES string of the molecule is COc1cc2c(cc1OC)-c1ccccc1CS2. The Bertz CT molecular complexity index is 593. The fraction of sp³-hybridized carbons (Fsp3) is 0.200. The Morgan fingerprint density at radius 2 is 1.67 bits per heavy atom. The number of ether oxygens (including phenoxy) is 2. The summed E-state index contributed by atoms with van der Waals surface area (Å²) in [6.07, 6.45) is 0. The summed E-state index contributed by atoms with van der Waals surface area (Å²) >= 11 is 1.84. The number of fused-ring (bicyclic) bond motifs is 3. The van der Waals surface area contributed by atoms with Crippen molar-refractivity contribution in [3.63, 3.8) is 0 Å². The van der Waals surface area contributed by atoms with Gasteiger partial charge in [0.1, 0.15) is 0 Å². The first kappa shape index (κ1) is 11.5. The van der Waals surface area contributed by atoms with E-state index in [-0.39, 0.29) is 0 Å². The second-order valence-electron chi connectivity index (χ2n) is 4.15. The van der Waals surface area contributed by atoms with Gasteiger partial charge in [-0.1, -0.05) is 24.3 Å². The van der Waals surface area contributed by atoms with Crippen LogP contribution < -0.4 is 9.47 Å². The smallest absolute Gasteiger partial charge is 0.161 e. The van der Waals surface area contributed by atoms with Crippen LogP contribution in [0.3, 0.4) is 0 Å². The summed E-state index contributed by atoms with van der Waals surface area (Å²) in [4.78, 5) is 1.26. The minimum Gasteiger partial charge on any atom is -0.493 e. The van der Waals surface area contributed by atoms with E-state index in [4.69, 9.17) is 9.47 Å². The number of rotatable bonds is 2. The maximum Gasteiger partial charge on any atom is 0.161 e. The van der Waals surface area contributed by atoms with Crippen molar-refractivity contribution < 1.29 is 9.47 Å². The zero-order chi connectivity index (χ0) is 12.5. The van der Waals surface area contributed by atoms with Gasteiger partial charge in [0.05, 0.1) is 14.2 Å². The van der Waals surface area contributed by atoms with Gasteiger partial charge >= 0.3 is 0 Å². The lowest BCUT2D eigenvalue weighted by Crippen LogP contribution is -1.98. The van der Waals surface area contributed by atoms with Gasteiger partial charge in [0.2, 0.25) is 0 Å². The average Bonchev–Trinajstić information content (AvgIpc) is 2.45. The molecular weight excluding hydrogens is 244 g/mol. The van der Waals surface area contributed by atoms with Gasteiger partial charge in [-0.15, -0.1) is 11.8 Å². The molecule has 1 aliphatic rings. The van der Waals surface area contributed by atoms with Gasteiger partial charge in [0.25, 0.3) is 0 Å². The zero-order valence-corrected chi connectivity index (χ0v) is 11.2. The average molecular weight is 258 g/mol. The molecule has 0 bridgehead atoms. The van der Waals surface area contributed by atoms with Crippen LogP contribution >= 0.6 is 11.8 Å². The van der Waals surface area contributed by atoms with Crippen LogP contribution in [0, 0.1) is 0 Å². The van der Waals surface area contributed by atoms with Crippen LogP contribution in [0.5, 0.6) is 11.5 Å². The minimum absolute atomic E-state index is 0.786. The van der Waals surface area contributed by atoms with Gasteiger partial charge in [-0.3, -0.25) is 0 Å². The Morgan fingerprint density at radius 3 is 2.44 bits per heavy atom. The molecule has 2 aromatic carbocycles. The first-order valence-corrected chi connectivity index (χ1v) is 6.79. The van der Waals surface area contributed by atoms with Crippen molar-refractivity contribution in [3.05, 3.63) is 42.0 Å². The Labute approximate surface area is 111 Å². The van der Waals surface area contributed by atoms with Crippen molar-refractivity contribution in [1.82, 2.24) is 0 Å². The van der Waals surface area contributed by atoms with Crippen molar-refractivity contribution in [3.8, 4) is 22.6 Å². The largest absolute Gasteiger partial charge is 0.493 e. The predicted molar refractivity (Wildman–Crippen MR) is 74.5 cm³/mol. The Balaban J connectivity index is 2.21. The highest BCUT2D eigenvalue weighted by molar-refractivity contribution is 7.98. The lowest BCUT2D eigenvalue weighted by atomic mass is 9.99. The lowest BCUT2D eigenvalue weighted by molar-refractivity contribution is 0.354. The van der Waals surface area contributed by atoms with Gasteiger partial charge < -0.3 is 9.47 Å². The molecule has 0 amide bonds. The highest BCUT2D eigenvalue weighted by atomic mass is 32.2. The minimum atomic E-state index is 0.786. The van der Waals surface area contributed by atoms with Crippen LogP contribution in [0.25, 0.3) is 11.1 Å². The molecule has 0 unspecified atom stereocenters. The van der Waals surface area contributed by atoms with E-state index in [1.54, 1.807) is 14.2 Å². The molecule has 0 N–H and O–H groups in total. The molecule has 0 radical (unpaired) electrons. The van der Waals surface area contributed by atoms with E-state index in [0.29, 0.717) is 0 Å². The normalized spacial score (nSPS) is 12.6. The van der Waals surface area contributed by atoms with E-state index >= 15 is 0 Å². The molecular formula is C15H14O2S. The molecule has 3 heteroatoms. The van der Waals surface area contributed by atoms with E-state index in [9.17, 15) is 0 Å². The lowest BCUT2D eigenvalue weighted by Gasteiger charge is -2.21. The standard InChI is InChI=1S/C15H14O2S/c1-16-13-7-12-11-6-4-3-5-10(11)9-18-15(12)8-14(13)17-2/h3-8H,9H2,1-2H3. The van der Waals surface area contributed by atoms with E-state index in [1.807, 2.05) is 11.8 Å². The molecule has 18 heavy (non-hydrogen) atoms. The molecule has 0 saturated carbocycles. The molecule has 92 valence electrons. The van der Waals surface area contributed by atoms with Crippen molar-refractivity contribution in [2.75, 3.05) is 14.2 Å². The summed E-state index contributed by atoms with van der Waals surface area (Å²) in [5, 5.41) is 0. The molecule has 2 aromatic rings. The van der Waals surface area contributed by atoms with Crippen molar-refractivity contribution in [2.45, 2.75) is 10.6 Å². The maximum atomic E-state index is 5.38. The van der Waals surface area contributed by atoms with Crippen LogP contribution in [0.4, 0.5) is 0 Å². The first-order valence-electron chi connectivity index (χ1n) is 5.80. The Kier molecular flexibility index (Phi) is 2.92. The molecule has 2 nitrogen and oxygen atoms in total. The first-order chi connectivity index (χ1) is 8.83. The number of hydrogen-bond acceptors (Lipinski definition) is 3. The van der Waals surface area contributed by atoms with E-state index in [0.717, 1.165) is 17.3 Å². The summed E-state index contributed by atoms with van der Waals surface area (Å²) < 4.78 is 10.7. The summed E-state index contributed by atoms with van der Waals surface area (Å²) in [5.74, 6) is 2.59. The Hall–Kier alpha value is -1.61. The van der Waals surface area contributed by atoms with Gasteiger partial charge in [-0.05, 0) is 28.8 Å². The molecule has 0 fully saturated rings. The molecule has 1 aliphatic heterocycles. The molecule has 0 aliphatic carbocycles. The Morgan fingerprint density at radius 1 is 0.944 bits per heavy atom. The topological polar surface area (TPSA) is 18.5 Å². The van der Waals surface area contributed by atoms with Gasteiger partial charge in [-0.2, -0.15) is 0 Å². The molecule has 0 saturated heterocycles. The van der Waals surface area contributed by atoms with Crippen LogP contribution in [-0.2, 0) is 5.75 Å². The van der Waals surface area contributed by atoms with E-state index < -0.39 is 0 Å². The number of benzene rings is 2. The molecule has 1 heterocycles. The quantitative estimate of drug-likeness (QED) is 0.812. The third-order valence-corrected chi connectivity index (χ3v) is 4.28. The summed E-state index contributed by atoms with van der Waals surface area (Å²) in [7, 11) is 3.35. The summed E-state index contributed by atoms with van der Waals surface area (Å²) in [6.45, 7) is 0. The van der Waals surface area contributed by atoms with Crippen LogP contribution in [0.1, 0.15) is 5.56 Å². The maximum absolute atomic E-state index is 5.38. The highest BCUT2D eigenvalue weighted by Crippen LogP contribution is 2.46. The fourth-order valence-electron chi connectivity index (χ4n) is 2.25. The van der Waals surface area contributed by atoms with Gasteiger partial charge in [0.15, 0.2) is 11.5 Å². The molecule has 0 spiro atoms. The molecule has 0 aromatic heterocycles. The fourth-order valence-corrected chi connectivity index (χ4v) is 3.33. The highest BCUT2D eigenvalue weighted by Gasteiger charge is 2.19. The van der Waals surface area contributed by atoms with E-state index in [1.165, 1.54) is 21.6 Å². The number of hydrogen-bond donors (Lipinski definition) is 0. The van der Waals surface area contributed by atoms with Crippen molar-refractivity contribution in [1.29, 1.82) is 0 Å². The van der Waals surface area contributed by atoms with Gasteiger partial charge in [-0.25, -0.2) is 0 Å². The van der Waals surface area contributed by atoms with E-state index in [2.05, 4.69) is 36.4 Å². The van der Waals surface area contributed by atoms with Crippen LogP contribution in [-0.4, -0.2) is 14.2 Å². The van der Waals surface area contributed by atoms with Crippen LogP contribution in [0.15, 0.2) is 41.3 Å². The second-order valence-corrected chi connectivity index (χ2v) is 5.17.